The lowest BCUT2D eigenvalue weighted by molar-refractivity contribution is 0.0697. The van der Waals surface area contributed by atoms with Crippen molar-refractivity contribution in [2.24, 2.45) is 5.92 Å². The second-order valence-electron chi connectivity index (χ2n) is 4.86. The van der Waals surface area contributed by atoms with Gasteiger partial charge in [-0.15, -0.1) is 0 Å². The minimum Gasteiger partial charge on any atom is -0.478 e. The highest BCUT2D eigenvalue weighted by Crippen LogP contribution is 2.26. The predicted octanol–water partition coefficient (Wildman–Crippen LogP) is 3.66. The van der Waals surface area contributed by atoms with Gasteiger partial charge in [0.05, 0.1) is 11.1 Å². The summed E-state index contributed by atoms with van der Waals surface area (Å²) in [4.78, 5) is 15.0. The number of benzene rings is 1. The third-order valence-corrected chi connectivity index (χ3v) is 3.01. The van der Waals surface area contributed by atoms with Gasteiger partial charge in [0, 0.05) is 11.6 Å². The first-order valence-electron chi connectivity index (χ1n) is 6.16. The van der Waals surface area contributed by atoms with Crippen LogP contribution in [0.2, 0.25) is 0 Å². The number of nitrogens with zero attached hydrogens (tertiary/aromatic N) is 1. The number of carboxylic acid groups (broad SMARTS) is 1. The van der Waals surface area contributed by atoms with Gasteiger partial charge in [-0.1, -0.05) is 25.8 Å². The first kappa shape index (κ1) is 12.6. The summed E-state index contributed by atoms with van der Waals surface area (Å²) in [6, 6.07) is 6.94. The van der Waals surface area contributed by atoms with Crippen LogP contribution in [0.25, 0.3) is 10.9 Å². The molecule has 0 atom stereocenters. The molecule has 0 unspecified atom stereocenters. The van der Waals surface area contributed by atoms with Crippen LogP contribution >= 0.6 is 0 Å². The van der Waals surface area contributed by atoms with E-state index >= 15 is 0 Å². The number of carboxylic acids is 1. The van der Waals surface area contributed by atoms with Crippen molar-refractivity contribution in [2.45, 2.75) is 26.7 Å². The topological polar surface area (TPSA) is 50.2 Å². The largest absolute Gasteiger partial charge is 0.478 e. The summed E-state index contributed by atoms with van der Waals surface area (Å²) in [7, 11) is 0. The molecule has 0 bridgehead atoms. The molecule has 1 saturated carbocycles. The summed E-state index contributed by atoms with van der Waals surface area (Å²) in [5, 5.41) is 9.71. The molecule has 1 aliphatic carbocycles. The van der Waals surface area contributed by atoms with Gasteiger partial charge in [-0.2, -0.15) is 0 Å². The van der Waals surface area contributed by atoms with Gasteiger partial charge in [0.1, 0.15) is 0 Å². The van der Waals surface area contributed by atoms with Gasteiger partial charge in [-0.05, 0) is 36.6 Å². The van der Waals surface area contributed by atoms with Crippen molar-refractivity contribution in [1.29, 1.82) is 0 Å². The maximum Gasteiger partial charge on any atom is 0.335 e. The molecular formula is C15H17NO2. The fraction of sp³-hybridized carbons (Fsp3) is 0.333. The summed E-state index contributed by atoms with van der Waals surface area (Å²) in [6.45, 7) is 4.14. The number of hydrogen-bond donors (Lipinski definition) is 1. The molecule has 1 heterocycles. The number of aromatic carboxylic acids is 1. The molecule has 18 heavy (non-hydrogen) atoms. The molecule has 1 N–H and O–H groups in total. The second kappa shape index (κ2) is 5.17. The Bertz CT molecular complexity index is 574. The zero-order valence-corrected chi connectivity index (χ0v) is 10.7. The van der Waals surface area contributed by atoms with Crippen molar-refractivity contribution in [2.75, 3.05) is 0 Å². The van der Waals surface area contributed by atoms with Crippen molar-refractivity contribution >= 4 is 16.9 Å². The smallest absolute Gasteiger partial charge is 0.335 e. The van der Waals surface area contributed by atoms with E-state index in [1.807, 2.05) is 13.0 Å². The van der Waals surface area contributed by atoms with Gasteiger partial charge in [-0.25, -0.2) is 4.79 Å². The number of pyridine rings is 1. The van der Waals surface area contributed by atoms with Crippen LogP contribution in [0.4, 0.5) is 0 Å². The molecular weight excluding hydrogens is 226 g/mol. The summed E-state index contributed by atoms with van der Waals surface area (Å²) < 4.78 is 0. The molecule has 1 aliphatic rings. The van der Waals surface area contributed by atoms with E-state index in [1.165, 1.54) is 12.8 Å². The van der Waals surface area contributed by atoms with Crippen LogP contribution < -0.4 is 0 Å². The standard InChI is InChI=1S/C11H9NO2.C4H8/c1-7-5-9(11(13)14)6-8-3-2-4-12-10(7)8;1-4-2-3-4/h2-6H,1H3,(H,13,14);4H,2-3H2,1H3. The Morgan fingerprint density at radius 3 is 2.61 bits per heavy atom. The van der Waals surface area contributed by atoms with E-state index in [2.05, 4.69) is 11.9 Å². The van der Waals surface area contributed by atoms with Crippen molar-refractivity contribution < 1.29 is 9.90 Å². The molecule has 94 valence electrons. The highest BCUT2D eigenvalue weighted by molar-refractivity contribution is 5.94. The van der Waals surface area contributed by atoms with Crippen LogP contribution in [0.3, 0.4) is 0 Å². The van der Waals surface area contributed by atoms with Crippen LogP contribution in [0.15, 0.2) is 30.5 Å². The van der Waals surface area contributed by atoms with Crippen molar-refractivity contribution in [3.05, 3.63) is 41.6 Å². The van der Waals surface area contributed by atoms with Crippen molar-refractivity contribution in [3.63, 3.8) is 0 Å². The van der Waals surface area contributed by atoms with Gasteiger partial charge in [0.25, 0.3) is 0 Å². The first-order valence-corrected chi connectivity index (χ1v) is 6.16. The van der Waals surface area contributed by atoms with Crippen molar-refractivity contribution in [3.8, 4) is 0 Å². The Balaban J connectivity index is 0.000000256. The summed E-state index contributed by atoms with van der Waals surface area (Å²) in [6.07, 6.45) is 4.68. The minimum absolute atomic E-state index is 0.308. The molecule has 0 saturated heterocycles. The third-order valence-electron chi connectivity index (χ3n) is 3.01. The average Bonchev–Trinajstić information content (AvgIpc) is 3.12. The molecule has 3 rings (SSSR count). The van der Waals surface area contributed by atoms with Gasteiger partial charge in [-0.3, -0.25) is 4.98 Å². The number of rotatable bonds is 1. The number of carbonyl (C=O) groups is 1. The first-order chi connectivity index (χ1) is 8.58. The van der Waals surface area contributed by atoms with Crippen LogP contribution in [-0.4, -0.2) is 16.1 Å². The number of hydrogen-bond acceptors (Lipinski definition) is 2. The van der Waals surface area contributed by atoms with Crippen LogP contribution in [0, 0.1) is 12.8 Å². The quantitative estimate of drug-likeness (QED) is 0.831. The molecule has 0 amide bonds. The number of fused-ring (bicyclic) bond motifs is 1. The van der Waals surface area contributed by atoms with E-state index in [9.17, 15) is 4.79 Å². The highest BCUT2D eigenvalue weighted by atomic mass is 16.4. The fourth-order valence-corrected chi connectivity index (χ4v) is 1.66. The maximum absolute atomic E-state index is 10.8. The molecule has 1 aromatic heterocycles. The molecule has 0 spiro atoms. The third kappa shape index (κ3) is 3.06. The van der Waals surface area contributed by atoms with Crippen LogP contribution in [0.5, 0.6) is 0 Å². The fourth-order valence-electron chi connectivity index (χ4n) is 1.66. The van der Waals surface area contributed by atoms with Crippen LogP contribution in [0.1, 0.15) is 35.7 Å². The molecule has 0 radical (unpaired) electrons. The lowest BCUT2D eigenvalue weighted by Gasteiger charge is -2.02. The lowest BCUT2D eigenvalue weighted by Crippen LogP contribution is -1.97. The summed E-state index contributed by atoms with van der Waals surface area (Å²) in [5.74, 6) is 0.179. The van der Waals surface area contributed by atoms with Gasteiger partial charge in [0.15, 0.2) is 0 Å². The molecule has 0 aliphatic heterocycles. The molecule has 3 nitrogen and oxygen atoms in total. The SMILES string of the molecule is CC1CC1.Cc1cc(C(=O)O)cc2cccnc12. The molecule has 3 heteroatoms. The molecule has 1 aromatic carbocycles. The van der Waals surface area contributed by atoms with E-state index in [0.29, 0.717) is 5.56 Å². The van der Waals surface area contributed by atoms with E-state index in [-0.39, 0.29) is 0 Å². The Morgan fingerprint density at radius 1 is 1.39 bits per heavy atom. The molecule has 2 aromatic rings. The number of aromatic nitrogens is 1. The monoisotopic (exact) mass is 243 g/mol. The normalized spacial score (nSPS) is 13.9. The Hall–Kier alpha value is -1.90. The Kier molecular flexibility index (Phi) is 3.60. The van der Waals surface area contributed by atoms with E-state index in [0.717, 1.165) is 22.4 Å². The van der Waals surface area contributed by atoms with Crippen LogP contribution in [-0.2, 0) is 0 Å². The predicted molar refractivity (Wildman–Crippen MR) is 71.8 cm³/mol. The molecule has 1 fully saturated rings. The van der Waals surface area contributed by atoms with E-state index < -0.39 is 5.97 Å². The van der Waals surface area contributed by atoms with Gasteiger partial charge < -0.3 is 5.11 Å². The zero-order valence-electron chi connectivity index (χ0n) is 10.7. The number of aryl methyl sites for hydroxylation is 1. The maximum atomic E-state index is 10.8. The van der Waals surface area contributed by atoms with Gasteiger partial charge in [0.2, 0.25) is 0 Å². The average molecular weight is 243 g/mol. The lowest BCUT2D eigenvalue weighted by atomic mass is 10.1. The summed E-state index contributed by atoms with van der Waals surface area (Å²) in [5.41, 5.74) is 2.06. The van der Waals surface area contributed by atoms with Gasteiger partial charge >= 0.3 is 5.97 Å². The summed E-state index contributed by atoms with van der Waals surface area (Å²) >= 11 is 0. The van der Waals surface area contributed by atoms with Crippen molar-refractivity contribution in [1.82, 2.24) is 4.98 Å². The second-order valence-corrected chi connectivity index (χ2v) is 4.86. The Morgan fingerprint density at radius 2 is 2.06 bits per heavy atom. The van der Waals surface area contributed by atoms with E-state index in [4.69, 9.17) is 5.11 Å². The highest BCUT2D eigenvalue weighted by Gasteiger charge is 2.12. The van der Waals surface area contributed by atoms with E-state index in [1.54, 1.807) is 24.4 Å². The zero-order chi connectivity index (χ0) is 13.1. The Labute approximate surface area is 106 Å². The minimum atomic E-state index is -0.904.